The zero-order chi connectivity index (χ0) is 9.99. The van der Waals surface area contributed by atoms with Crippen LogP contribution in [0.3, 0.4) is 0 Å². The van der Waals surface area contributed by atoms with Crippen LogP contribution < -0.4 is 0 Å². The largest absolute Gasteiger partial charge is 0.479 e. The van der Waals surface area contributed by atoms with Gasteiger partial charge >= 0.3 is 12.1 Å². The maximum atomic E-state index is 12.1. The highest BCUT2D eigenvalue weighted by Gasteiger charge is 2.60. The molecule has 0 rings (SSSR count). The Labute approximate surface area is 67.1 Å². The molecule has 0 aliphatic heterocycles. The van der Waals surface area contributed by atoms with E-state index in [1.807, 2.05) is 0 Å². The number of carboxylic acids is 1. The number of methoxy groups -OCH3 is 1. The minimum atomic E-state index is -4.89. The van der Waals surface area contributed by atoms with Crippen LogP contribution in [0.25, 0.3) is 0 Å². The van der Waals surface area contributed by atoms with Crippen LogP contribution in [0.15, 0.2) is 0 Å². The van der Waals surface area contributed by atoms with Gasteiger partial charge in [-0.1, -0.05) is 6.92 Å². The third-order valence-corrected chi connectivity index (χ3v) is 1.65. The summed E-state index contributed by atoms with van der Waals surface area (Å²) in [5.74, 6) is -2.01. The first-order chi connectivity index (χ1) is 5.31. The van der Waals surface area contributed by atoms with E-state index < -0.39 is 24.2 Å². The van der Waals surface area contributed by atoms with Crippen LogP contribution in [-0.2, 0) is 9.53 Å². The van der Waals surface area contributed by atoms with Crippen molar-refractivity contribution in [3.05, 3.63) is 0 Å². The number of alkyl halides is 3. The summed E-state index contributed by atoms with van der Waals surface area (Å²) in [6.07, 6.45) is -5.54. The standard InChI is InChI=1S/C6H9F3O3/c1-3-5(12-2,4(10)11)6(7,8)9/h3H2,1-2H3,(H,10,11). The first-order valence-corrected chi connectivity index (χ1v) is 3.17. The van der Waals surface area contributed by atoms with Crippen molar-refractivity contribution in [1.82, 2.24) is 0 Å². The molecule has 0 saturated carbocycles. The van der Waals surface area contributed by atoms with Gasteiger partial charge in [-0.05, 0) is 6.42 Å². The van der Waals surface area contributed by atoms with Gasteiger partial charge in [0.2, 0.25) is 0 Å². The monoisotopic (exact) mass is 186 g/mol. The van der Waals surface area contributed by atoms with Crippen molar-refractivity contribution in [2.45, 2.75) is 25.1 Å². The number of carboxylic acid groups (broad SMARTS) is 1. The average molecular weight is 186 g/mol. The molecule has 0 heterocycles. The first-order valence-electron chi connectivity index (χ1n) is 3.17. The van der Waals surface area contributed by atoms with Crippen molar-refractivity contribution < 1.29 is 27.8 Å². The molecule has 0 bridgehead atoms. The van der Waals surface area contributed by atoms with Crippen LogP contribution in [0.1, 0.15) is 13.3 Å². The van der Waals surface area contributed by atoms with Crippen LogP contribution in [0, 0.1) is 0 Å². The van der Waals surface area contributed by atoms with E-state index in [0.29, 0.717) is 0 Å². The molecule has 0 aromatic heterocycles. The van der Waals surface area contributed by atoms with Crippen molar-refractivity contribution in [2.75, 3.05) is 7.11 Å². The number of halogens is 3. The van der Waals surface area contributed by atoms with Crippen molar-refractivity contribution in [2.24, 2.45) is 0 Å². The minimum Gasteiger partial charge on any atom is -0.479 e. The predicted octanol–water partition coefficient (Wildman–Crippen LogP) is 1.43. The second-order valence-electron chi connectivity index (χ2n) is 2.19. The molecule has 1 unspecified atom stereocenters. The Kier molecular flexibility index (Phi) is 3.09. The normalized spacial score (nSPS) is 17.1. The molecule has 0 aromatic rings. The lowest BCUT2D eigenvalue weighted by atomic mass is 10.0. The number of ether oxygens (including phenoxy) is 1. The average Bonchev–Trinajstić information content (AvgIpc) is 1.87. The van der Waals surface area contributed by atoms with Gasteiger partial charge in [-0.3, -0.25) is 0 Å². The summed E-state index contributed by atoms with van der Waals surface area (Å²) in [7, 11) is 0.727. The quantitative estimate of drug-likeness (QED) is 0.725. The van der Waals surface area contributed by atoms with E-state index in [1.165, 1.54) is 0 Å². The molecular weight excluding hydrogens is 177 g/mol. The molecule has 0 spiro atoms. The predicted molar refractivity (Wildman–Crippen MR) is 33.7 cm³/mol. The molecule has 0 aliphatic carbocycles. The van der Waals surface area contributed by atoms with E-state index in [1.54, 1.807) is 0 Å². The van der Waals surface area contributed by atoms with Gasteiger partial charge in [0, 0.05) is 7.11 Å². The van der Waals surface area contributed by atoms with Gasteiger partial charge in [0.1, 0.15) is 0 Å². The van der Waals surface area contributed by atoms with Crippen molar-refractivity contribution in [1.29, 1.82) is 0 Å². The van der Waals surface area contributed by atoms with E-state index in [2.05, 4.69) is 4.74 Å². The number of rotatable bonds is 3. The fraction of sp³-hybridized carbons (Fsp3) is 0.833. The molecule has 72 valence electrons. The highest BCUT2D eigenvalue weighted by Crippen LogP contribution is 2.35. The Bertz CT molecular complexity index is 171. The third kappa shape index (κ3) is 1.52. The lowest BCUT2D eigenvalue weighted by Crippen LogP contribution is -2.53. The molecule has 3 nitrogen and oxygen atoms in total. The van der Waals surface area contributed by atoms with Crippen molar-refractivity contribution >= 4 is 5.97 Å². The summed E-state index contributed by atoms with van der Waals surface area (Å²) in [5, 5.41) is 8.31. The van der Waals surface area contributed by atoms with E-state index in [9.17, 15) is 18.0 Å². The number of aliphatic carboxylic acids is 1. The van der Waals surface area contributed by atoms with Gasteiger partial charge < -0.3 is 9.84 Å². The number of hydrogen-bond acceptors (Lipinski definition) is 2. The fourth-order valence-corrected chi connectivity index (χ4v) is 0.820. The number of carbonyl (C=O) groups is 1. The van der Waals surface area contributed by atoms with Gasteiger partial charge in [0.05, 0.1) is 0 Å². The molecule has 0 aliphatic rings. The molecule has 1 atom stereocenters. The summed E-state index contributed by atoms with van der Waals surface area (Å²) >= 11 is 0. The van der Waals surface area contributed by atoms with Crippen molar-refractivity contribution in [3.63, 3.8) is 0 Å². The molecule has 0 fully saturated rings. The maximum Gasteiger partial charge on any atom is 0.428 e. The molecule has 0 saturated heterocycles. The molecule has 1 N–H and O–H groups in total. The Morgan fingerprint density at radius 3 is 1.92 bits per heavy atom. The molecule has 0 aromatic carbocycles. The van der Waals surface area contributed by atoms with Crippen LogP contribution >= 0.6 is 0 Å². The zero-order valence-electron chi connectivity index (χ0n) is 6.60. The molecular formula is C6H9F3O3. The van der Waals surface area contributed by atoms with E-state index in [0.717, 1.165) is 14.0 Å². The lowest BCUT2D eigenvalue weighted by Gasteiger charge is -2.28. The van der Waals surface area contributed by atoms with Crippen LogP contribution in [0.2, 0.25) is 0 Å². The summed E-state index contributed by atoms with van der Waals surface area (Å²) < 4.78 is 40.4. The van der Waals surface area contributed by atoms with Gasteiger partial charge in [0.15, 0.2) is 0 Å². The van der Waals surface area contributed by atoms with Crippen LogP contribution in [-0.4, -0.2) is 30.0 Å². The summed E-state index contributed by atoms with van der Waals surface area (Å²) in [5.41, 5.74) is -3.06. The number of hydrogen-bond donors (Lipinski definition) is 1. The fourth-order valence-electron chi connectivity index (χ4n) is 0.820. The second-order valence-corrected chi connectivity index (χ2v) is 2.19. The van der Waals surface area contributed by atoms with Crippen LogP contribution in [0.5, 0.6) is 0 Å². The smallest absolute Gasteiger partial charge is 0.428 e. The summed E-state index contributed by atoms with van der Waals surface area (Å²) in [6.45, 7) is 1.10. The Morgan fingerprint density at radius 1 is 1.50 bits per heavy atom. The Hall–Kier alpha value is -0.780. The second kappa shape index (κ2) is 3.30. The van der Waals surface area contributed by atoms with E-state index in [4.69, 9.17) is 5.11 Å². The van der Waals surface area contributed by atoms with E-state index in [-0.39, 0.29) is 0 Å². The Morgan fingerprint density at radius 2 is 1.92 bits per heavy atom. The topological polar surface area (TPSA) is 46.5 Å². The molecule has 0 amide bonds. The molecule has 12 heavy (non-hydrogen) atoms. The SMILES string of the molecule is CCC(OC)(C(=O)O)C(F)(F)F. The van der Waals surface area contributed by atoms with Gasteiger partial charge in [-0.15, -0.1) is 0 Å². The summed E-state index contributed by atoms with van der Waals surface area (Å²) in [4.78, 5) is 10.3. The van der Waals surface area contributed by atoms with E-state index >= 15 is 0 Å². The molecule has 6 heteroatoms. The lowest BCUT2D eigenvalue weighted by molar-refractivity contribution is -0.268. The van der Waals surface area contributed by atoms with Gasteiger partial charge in [-0.25, -0.2) is 4.79 Å². The Balaban J connectivity index is 4.97. The maximum absolute atomic E-state index is 12.1. The minimum absolute atomic E-state index is 0.650. The van der Waals surface area contributed by atoms with Gasteiger partial charge in [-0.2, -0.15) is 13.2 Å². The van der Waals surface area contributed by atoms with Gasteiger partial charge in [0.25, 0.3) is 5.60 Å². The molecule has 0 radical (unpaired) electrons. The van der Waals surface area contributed by atoms with Crippen molar-refractivity contribution in [3.8, 4) is 0 Å². The highest BCUT2D eigenvalue weighted by atomic mass is 19.4. The highest BCUT2D eigenvalue weighted by molar-refractivity contribution is 5.78. The summed E-state index contributed by atoms with van der Waals surface area (Å²) in [6, 6.07) is 0. The zero-order valence-corrected chi connectivity index (χ0v) is 6.60. The van der Waals surface area contributed by atoms with Crippen LogP contribution in [0.4, 0.5) is 13.2 Å². The first kappa shape index (κ1) is 11.2. The third-order valence-electron chi connectivity index (χ3n) is 1.65.